The number of nitrogens with zero attached hydrogens (tertiary/aromatic N) is 1. The van der Waals surface area contributed by atoms with E-state index in [-0.39, 0.29) is 12.8 Å². The van der Waals surface area contributed by atoms with Crippen LogP contribution in [-0.4, -0.2) is 28.0 Å². The Balaban J connectivity index is 2.61. The van der Waals surface area contributed by atoms with Crippen LogP contribution < -0.4 is 11.1 Å². The summed E-state index contributed by atoms with van der Waals surface area (Å²) in [6.07, 6.45) is 1.52. The van der Waals surface area contributed by atoms with Gasteiger partial charge < -0.3 is 16.2 Å². The number of pyridine rings is 1. The predicted molar refractivity (Wildman–Crippen MR) is 70.1 cm³/mol. The van der Waals surface area contributed by atoms with E-state index in [4.69, 9.17) is 10.8 Å². The lowest BCUT2D eigenvalue weighted by Gasteiger charge is -2.12. The van der Waals surface area contributed by atoms with E-state index in [1.54, 1.807) is 13.1 Å². The molecule has 0 fully saturated rings. The largest absolute Gasteiger partial charge is 0.481 e. The molecule has 1 atom stereocenters. The van der Waals surface area contributed by atoms with E-state index < -0.39 is 17.9 Å². The number of halogens is 1. The quantitative estimate of drug-likeness (QED) is 0.759. The van der Waals surface area contributed by atoms with Gasteiger partial charge in [0.1, 0.15) is 5.82 Å². The zero-order valence-electron chi connectivity index (χ0n) is 9.81. The molecule has 1 rings (SSSR count). The Morgan fingerprint density at radius 3 is 2.83 bits per heavy atom. The van der Waals surface area contributed by atoms with Crippen LogP contribution in [0.5, 0.6) is 0 Å². The van der Waals surface area contributed by atoms with Gasteiger partial charge in [-0.15, -0.1) is 0 Å². The van der Waals surface area contributed by atoms with Gasteiger partial charge in [-0.05, 0) is 40.9 Å². The number of nitrogens with one attached hydrogen (secondary N) is 1. The molecular formula is C11H14BrN3O3. The molecule has 0 radical (unpaired) electrons. The van der Waals surface area contributed by atoms with Crippen molar-refractivity contribution in [2.45, 2.75) is 25.8 Å². The smallest absolute Gasteiger partial charge is 0.303 e. The standard InChI is InChI=1S/C11H14BrN3O3/c1-6-4-7(12)5-14-10(6)15-11(18)8(13)2-3-9(16)17/h4-5,8H,2-3,13H2,1H3,(H,16,17)(H,14,15,18). The number of rotatable bonds is 5. The molecule has 1 heterocycles. The molecule has 1 aromatic rings. The maximum atomic E-state index is 11.7. The summed E-state index contributed by atoms with van der Waals surface area (Å²) < 4.78 is 0.813. The number of carboxylic acids is 1. The molecule has 0 spiro atoms. The molecule has 1 unspecified atom stereocenters. The summed E-state index contributed by atoms with van der Waals surface area (Å²) >= 11 is 3.27. The second kappa shape index (κ2) is 6.46. The molecule has 0 aromatic carbocycles. The number of hydrogen-bond acceptors (Lipinski definition) is 4. The van der Waals surface area contributed by atoms with Crippen molar-refractivity contribution < 1.29 is 14.7 Å². The fraction of sp³-hybridized carbons (Fsp3) is 0.364. The van der Waals surface area contributed by atoms with Crippen LogP contribution in [0.25, 0.3) is 0 Å². The minimum absolute atomic E-state index is 0.0940. The van der Waals surface area contributed by atoms with Crippen molar-refractivity contribution in [2.75, 3.05) is 5.32 Å². The predicted octanol–water partition coefficient (Wildman–Crippen LogP) is 1.28. The number of aromatic nitrogens is 1. The number of anilines is 1. The van der Waals surface area contributed by atoms with E-state index >= 15 is 0 Å². The molecule has 1 amide bonds. The summed E-state index contributed by atoms with van der Waals surface area (Å²) in [4.78, 5) is 26.1. The average molecular weight is 316 g/mol. The number of carbonyl (C=O) groups is 2. The van der Waals surface area contributed by atoms with Gasteiger partial charge in [-0.3, -0.25) is 9.59 Å². The highest BCUT2D eigenvalue weighted by Crippen LogP contribution is 2.16. The zero-order valence-corrected chi connectivity index (χ0v) is 11.4. The number of aliphatic carboxylic acids is 1. The lowest BCUT2D eigenvalue weighted by Crippen LogP contribution is -2.36. The second-order valence-electron chi connectivity index (χ2n) is 3.85. The van der Waals surface area contributed by atoms with Crippen LogP contribution >= 0.6 is 15.9 Å². The first-order chi connectivity index (χ1) is 8.40. The van der Waals surface area contributed by atoms with Gasteiger partial charge in [0.05, 0.1) is 6.04 Å². The highest BCUT2D eigenvalue weighted by atomic mass is 79.9. The average Bonchev–Trinajstić information content (AvgIpc) is 2.29. The van der Waals surface area contributed by atoms with E-state index in [2.05, 4.69) is 26.2 Å². The Labute approximate surface area is 113 Å². The Hall–Kier alpha value is -1.47. The number of aryl methyl sites for hydroxylation is 1. The van der Waals surface area contributed by atoms with Crippen LogP contribution in [0, 0.1) is 6.92 Å². The number of hydrogen-bond donors (Lipinski definition) is 3. The van der Waals surface area contributed by atoms with Crippen molar-refractivity contribution in [2.24, 2.45) is 5.73 Å². The Morgan fingerprint density at radius 2 is 2.28 bits per heavy atom. The summed E-state index contributed by atoms with van der Waals surface area (Å²) in [5.41, 5.74) is 6.38. The molecule has 1 aromatic heterocycles. The molecule has 98 valence electrons. The molecule has 0 saturated heterocycles. The van der Waals surface area contributed by atoms with Gasteiger partial charge in [0, 0.05) is 17.1 Å². The van der Waals surface area contributed by atoms with Gasteiger partial charge in [-0.1, -0.05) is 0 Å². The first-order valence-corrected chi connectivity index (χ1v) is 6.10. The second-order valence-corrected chi connectivity index (χ2v) is 4.76. The van der Waals surface area contributed by atoms with Gasteiger partial charge >= 0.3 is 5.97 Å². The molecular weight excluding hydrogens is 302 g/mol. The van der Waals surface area contributed by atoms with Crippen LogP contribution in [0.4, 0.5) is 5.82 Å². The summed E-state index contributed by atoms with van der Waals surface area (Å²) in [6.45, 7) is 1.80. The summed E-state index contributed by atoms with van der Waals surface area (Å²) in [5, 5.41) is 11.1. The third kappa shape index (κ3) is 4.42. The van der Waals surface area contributed by atoms with E-state index in [0.29, 0.717) is 5.82 Å². The van der Waals surface area contributed by atoms with Gasteiger partial charge in [0.2, 0.25) is 5.91 Å². The maximum Gasteiger partial charge on any atom is 0.303 e. The monoisotopic (exact) mass is 315 g/mol. The van der Waals surface area contributed by atoms with Crippen molar-refractivity contribution in [1.29, 1.82) is 0 Å². The molecule has 0 aliphatic carbocycles. The molecule has 0 saturated carbocycles. The minimum Gasteiger partial charge on any atom is -0.481 e. The molecule has 0 aliphatic rings. The topological polar surface area (TPSA) is 105 Å². The van der Waals surface area contributed by atoms with Crippen molar-refractivity contribution >= 4 is 33.6 Å². The van der Waals surface area contributed by atoms with Crippen molar-refractivity contribution in [3.63, 3.8) is 0 Å². The van der Waals surface area contributed by atoms with Crippen LogP contribution in [0.15, 0.2) is 16.7 Å². The Bertz CT molecular complexity index is 465. The lowest BCUT2D eigenvalue weighted by molar-refractivity contribution is -0.137. The Morgan fingerprint density at radius 1 is 1.61 bits per heavy atom. The number of carbonyl (C=O) groups excluding carboxylic acids is 1. The first-order valence-electron chi connectivity index (χ1n) is 5.30. The minimum atomic E-state index is -0.976. The highest BCUT2D eigenvalue weighted by molar-refractivity contribution is 9.10. The third-order valence-electron chi connectivity index (χ3n) is 2.29. The lowest BCUT2D eigenvalue weighted by atomic mass is 10.1. The van der Waals surface area contributed by atoms with Crippen LogP contribution in [0.2, 0.25) is 0 Å². The molecule has 0 bridgehead atoms. The normalized spacial score (nSPS) is 11.9. The number of carboxylic acid groups (broad SMARTS) is 1. The Kier molecular flexibility index (Phi) is 5.24. The fourth-order valence-electron chi connectivity index (χ4n) is 1.29. The van der Waals surface area contributed by atoms with Gasteiger partial charge in [0.25, 0.3) is 0 Å². The molecule has 7 heteroatoms. The fourth-order valence-corrected chi connectivity index (χ4v) is 1.74. The zero-order chi connectivity index (χ0) is 13.7. The maximum absolute atomic E-state index is 11.7. The number of nitrogens with two attached hydrogens (primary N) is 1. The number of amides is 1. The van der Waals surface area contributed by atoms with Gasteiger partial charge in [0.15, 0.2) is 0 Å². The van der Waals surface area contributed by atoms with Crippen molar-refractivity contribution in [3.8, 4) is 0 Å². The third-order valence-corrected chi connectivity index (χ3v) is 2.73. The molecule has 0 aliphatic heterocycles. The van der Waals surface area contributed by atoms with Crippen LogP contribution in [-0.2, 0) is 9.59 Å². The van der Waals surface area contributed by atoms with E-state index in [1.165, 1.54) is 0 Å². The molecule has 4 N–H and O–H groups in total. The van der Waals surface area contributed by atoms with Crippen LogP contribution in [0.3, 0.4) is 0 Å². The van der Waals surface area contributed by atoms with E-state index in [9.17, 15) is 9.59 Å². The van der Waals surface area contributed by atoms with Gasteiger partial charge in [-0.25, -0.2) is 4.98 Å². The van der Waals surface area contributed by atoms with Crippen molar-refractivity contribution in [3.05, 3.63) is 22.3 Å². The van der Waals surface area contributed by atoms with Crippen molar-refractivity contribution in [1.82, 2.24) is 4.98 Å². The molecule has 18 heavy (non-hydrogen) atoms. The van der Waals surface area contributed by atoms with Gasteiger partial charge in [-0.2, -0.15) is 0 Å². The summed E-state index contributed by atoms with van der Waals surface area (Å²) in [7, 11) is 0. The van der Waals surface area contributed by atoms with E-state index in [1.807, 2.05) is 6.07 Å². The highest BCUT2D eigenvalue weighted by Gasteiger charge is 2.16. The summed E-state index contributed by atoms with van der Waals surface area (Å²) in [5.74, 6) is -0.987. The van der Waals surface area contributed by atoms with E-state index in [0.717, 1.165) is 10.0 Å². The SMILES string of the molecule is Cc1cc(Br)cnc1NC(=O)C(N)CCC(=O)O. The molecule has 6 nitrogen and oxygen atoms in total. The van der Waals surface area contributed by atoms with Crippen LogP contribution in [0.1, 0.15) is 18.4 Å². The summed E-state index contributed by atoms with van der Waals surface area (Å²) in [6, 6.07) is 0.955. The first kappa shape index (κ1) is 14.6.